The number of hydrogen-bond acceptors (Lipinski definition) is 7. The van der Waals surface area contributed by atoms with E-state index in [2.05, 4.69) is 40.4 Å². The van der Waals surface area contributed by atoms with Crippen molar-refractivity contribution in [2.45, 2.75) is 152 Å². The molecule has 0 fully saturated rings. The SMILES string of the molecule is CCc1ccc(NC(=O)[C@H](C)CC(=O)[C@@H](NC(C)(C)C)C(C)C)cc1.CCc1ccc(NC(=O)[C@H](CCCNC(N)=O)CC(=O)[C@@H](NC(C)(C)C)C(C)C)cc1.[W].[W].[Y].[Y]. The number of amides is 4. The first-order valence-electron chi connectivity index (χ1n) is 20.4. The molecule has 15 heteroatoms. The fourth-order valence-corrected chi connectivity index (χ4v) is 6.11. The molecule has 0 unspecified atom stereocenters. The predicted molar refractivity (Wildman–Crippen MR) is 231 cm³/mol. The van der Waals surface area contributed by atoms with E-state index in [1.165, 1.54) is 11.1 Å². The number of carbonyl (C=O) groups is 5. The second kappa shape index (κ2) is 33.0. The molecule has 11 nitrogen and oxygen atoms in total. The number of rotatable bonds is 20. The van der Waals surface area contributed by atoms with Gasteiger partial charge in [-0.15, -0.1) is 0 Å². The molecule has 332 valence electrons. The van der Waals surface area contributed by atoms with E-state index in [0.717, 1.165) is 18.5 Å². The maximum Gasteiger partial charge on any atom is 0.312 e. The van der Waals surface area contributed by atoms with E-state index in [-0.39, 0.29) is 185 Å². The van der Waals surface area contributed by atoms with E-state index in [0.29, 0.717) is 25.1 Å². The van der Waals surface area contributed by atoms with Crippen molar-refractivity contribution in [3.05, 3.63) is 59.7 Å². The summed E-state index contributed by atoms with van der Waals surface area (Å²) < 4.78 is 0. The third kappa shape index (κ3) is 28.3. The van der Waals surface area contributed by atoms with Gasteiger partial charge in [-0.2, -0.15) is 0 Å². The summed E-state index contributed by atoms with van der Waals surface area (Å²) in [5.41, 5.74) is 8.67. The summed E-state index contributed by atoms with van der Waals surface area (Å²) in [5.74, 6) is -0.747. The number of nitrogens with one attached hydrogen (secondary N) is 5. The molecular weight excluding hydrogens is 1250 g/mol. The monoisotopic (exact) mass is 1320 g/mol. The molecule has 0 aliphatic carbocycles. The van der Waals surface area contributed by atoms with Gasteiger partial charge in [0.25, 0.3) is 0 Å². The largest absolute Gasteiger partial charge is 0.352 e. The predicted octanol–water partition coefficient (Wildman–Crippen LogP) is 7.81. The molecule has 0 spiro atoms. The molecule has 7 N–H and O–H groups in total. The van der Waals surface area contributed by atoms with Crippen LogP contribution in [-0.2, 0) is 140 Å². The van der Waals surface area contributed by atoms with Crippen molar-refractivity contribution in [2.75, 3.05) is 17.2 Å². The average Bonchev–Trinajstić information content (AvgIpc) is 3.10. The van der Waals surface area contributed by atoms with Crippen LogP contribution in [0.15, 0.2) is 48.5 Å². The summed E-state index contributed by atoms with van der Waals surface area (Å²) in [7, 11) is 0. The Morgan fingerprint density at radius 2 is 0.967 bits per heavy atom. The van der Waals surface area contributed by atoms with E-state index in [4.69, 9.17) is 5.73 Å². The topological polar surface area (TPSA) is 172 Å². The van der Waals surface area contributed by atoms with Crippen LogP contribution in [0, 0.1) is 23.7 Å². The first kappa shape index (κ1) is 66.1. The number of Topliss-reactive ketones (excluding diaryl/α,β-unsaturated/α-hetero) is 2. The van der Waals surface area contributed by atoms with Crippen LogP contribution in [0.5, 0.6) is 0 Å². The van der Waals surface area contributed by atoms with Crippen LogP contribution in [0.3, 0.4) is 0 Å². The zero-order valence-corrected chi connectivity index (χ0v) is 50.2. The second-order valence-corrected chi connectivity index (χ2v) is 17.7. The van der Waals surface area contributed by atoms with Gasteiger partial charge < -0.3 is 32.3 Å². The minimum atomic E-state index is -0.595. The molecule has 4 amide bonds. The maximum absolute atomic E-state index is 13.1. The van der Waals surface area contributed by atoms with Crippen LogP contribution >= 0.6 is 0 Å². The number of carbonyl (C=O) groups excluding carboxylic acids is 5. The zero-order valence-electron chi connectivity index (χ0n) is 38.6. The normalized spacial score (nSPS) is 12.9. The van der Waals surface area contributed by atoms with Crippen LogP contribution in [0.25, 0.3) is 0 Å². The third-order valence-corrected chi connectivity index (χ3v) is 9.27. The Hall–Kier alpha value is -0.506. The van der Waals surface area contributed by atoms with E-state index in [9.17, 15) is 24.0 Å². The number of aryl methyl sites for hydroxylation is 2. The van der Waals surface area contributed by atoms with E-state index >= 15 is 0 Å². The molecule has 0 saturated heterocycles. The number of primary amides is 1. The van der Waals surface area contributed by atoms with Crippen molar-refractivity contribution in [1.29, 1.82) is 0 Å². The van der Waals surface area contributed by atoms with Gasteiger partial charge >= 0.3 is 6.03 Å². The van der Waals surface area contributed by atoms with E-state index in [1.54, 1.807) is 0 Å². The van der Waals surface area contributed by atoms with Crippen molar-refractivity contribution in [3.8, 4) is 0 Å². The van der Waals surface area contributed by atoms with Crippen LogP contribution < -0.4 is 32.3 Å². The molecule has 0 bridgehead atoms. The van der Waals surface area contributed by atoms with Gasteiger partial charge in [-0.3, -0.25) is 19.2 Å². The summed E-state index contributed by atoms with van der Waals surface area (Å²) in [5, 5.41) is 15.2. The van der Waals surface area contributed by atoms with Crippen LogP contribution in [0.4, 0.5) is 16.2 Å². The second-order valence-electron chi connectivity index (χ2n) is 17.7. The van der Waals surface area contributed by atoms with Crippen molar-refractivity contribution < 1.29 is 132 Å². The summed E-state index contributed by atoms with van der Waals surface area (Å²) in [4.78, 5) is 62.1. The maximum atomic E-state index is 13.1. The first-order chi connectivity index (χ1) is 26.0. The molecule has 2 rings (SSSR count). The molecule has 0 aliphatic rings. The molecule has 2 radical (unpaired) electrons. The van der Waals surface area contributed by atoms with Gasteiger partial charge in [0.2, 0.25) is 11.8 Å². The fourth-order valence-electron chi connectivity index (χ4n) is 6.11. The van der Waals surface area contributed by atoms with Crippen molar-refractivity contribution >= 4 is 40.8 Å². The van der Waals surface area contributed by atoms with Crippen LogP contribution in [0.2, 0.25) is 0 Å². The van der Waals surface area contributed by atoms with E-state index in [1.807, 2.05) is 125 Å². The first-order valence-corrected chi connectivity index (χ1v) is 20.4. The van der Waals surface area contributed by atoms with E-state index < -0.39 is 11.9 Å². The summed E-state index contributed by atoms with van der Waals surface area (Å²) in [6.45, 7) is 26.6. The smallest absolute Gasteiger partial charge is 0.312 e. The number of hydrogen-bond donors (Lipinski definition) is 6. The summed E-state index contributed by atoms with van der Waals surface area (Å²) >= 11 is 0. The van der Waals surface area contributed by atoms with Crippen molar-refractivity contribution in [2.24, 2.45) is 29.4 Å². The van der Waals surface area contributed by atoms with Gasteiger partial charge in [0.05, 0.1) is 12.1 Å². The quantitative estimate of drug-likeness (QED) is 0.0735. The van der Waals surface area contributed by atoms with Gasteiger partial charge in [-0.1, -0.05) is 72.7 Å². The number of urea groups is 1. The minimum absolute atomic E-state index is 0. The number of nitrogens with two attached hydrogens (primary N) is 1. The van der Waals surface area contributed by atoms with Crippen LogP contribution in [0.1, 0.15) is 127 Å². The third-order valence-electron chi connectivity index (χ3n) is 9.27. The molecule has 0 heterocycles. The molecule has 4 atom stereocenters. The summed E-state index contributed by atoms with van der Waals surface area (Å²) in [6, 6.07) is 14.4. The Bertz CT molecular complexity index is 1550. The van der Waals surface area contributed by atoms with Gasteiger partial charge in [0.15, 0.2) is 11.6 Å². The minimum Gasteiger partial charge on any atom is -0.352 e. The Labute approximate surface area is 441 Å². The molecule has 0 aliphatic heterocycles. The summed E-state index contributed by atoms with van der Waals surface area (Å²) in [6.07, 6.45) is 3.31. The number of benzene rings is 2. The average molecular weight is 1320 g/mol. The molecule has 0 aromatic heterocycles. The van der Waals surface area contributed by atoms with Crippen LogP contribution in [-0.4, -0.2) is 59.1 Å². The Morgan fingerprint density at radius 1 is 0.600 bits per heavy atom. The molecule has 60 heavy (non-hydrogen) atoms. The fraction of sp³-hybridized carbons (Fsp3) is 0.622. The molecule has 2 aromatic rings. The van der Waals surface area contributed by atoms with Gasteiger partial charge in [0, 0.05) is 161 Å². The molecular formula is C45H74N6O5W2Y2. The van der Waals surface area contributed by atoms with Gasteiger partial charge in [0.1, 0.15) is 0 Å². The van der Waals surface area contributed by atoms with Crippen molar-refractivity contribution in [3.63, 3.8) is 0 Å². The van der Waals surface area contributed by atoms with Gasteiger partial charge in [-0.05, 0) is 114 Å². The Morgan fingerprint density at radius 3 is 1.30 bits per heavy atom. The Kier molecular flexibility index (Phi) is 36.4. The zero-order chi connectivity index (χ0) is 42.8. The van der Waals surface area contributed by atoms with Gasteiger partial charge in [-0.25, -0.2) is 4.79 Å². The Balaban J connectivity index is -0.000000499. The standard InChI is InChI=1S/C24H40N4O3.C21H34N2O2.2W.2Y/c1-7-17-10-12-19(13-11-17)27-22(30)18(9-8-14-26-23(25)31)15-20(29)21(16(2)3)28-24(4,5)6;1-8-16-9-11-17(12-10-16)22-20(25)15(4)13-18(24)19(14(2)3)23-21(5,6)7;;;;/h10-13,16,18,21,28H,7-9,14-15H2,1-6H3,(H,27,30)(H3,25,26,31);9-12,14-15,19,23H,8,13H2,1-7H3,(H,22,25);;;;/t18-,21+;15-,19+;;;;/m11..../s1. The number of ketones is 2. The molecule has 0 saturated carbocycles. The molecule has 2 aromatic carbocycles. The van der Waals surface area contributed by atoms with Crippen molar-refractivity contribution in [1.82, 2.24) is 16.0 Å². The number of anilines is 2.